The first-order chi connectivity index (χ1) is 15.7. The average Bonchev–Trinajstić information content (AvgIpc) is 2.87. The van der Waals surface area contributed by atoms with Gasteiger partial charge in [-0.25, -0.2) is 0 Å². The highest BCUT2D eigenvalue weighted by Crippen LogP contribution is 2.43. The standard InChI is InChI=1S/C25H36N2O3S2/c28-23(12-7-20-5-2-1-3-6-20)26-13-15-27(16-14-26)24(29)19-30-22-10-8-21(9-11-22)25-31-17-4-18-32-25/h8-11,20,25H,1-7,12-19H2. The van der Waals surface area contributed by atoms with Crippen LogP contribution < -0.4 is 4.74 Å². The molecule has 0 spiro atoms. The molecule has 0 atom stereocenters. The molecule has 0 radical (unpaired) electrons. The molecule has 5 nitrogen and oxygen atoms in total. The van der Waals surface area contributed by atoms with Crippen molar-refractivity contribution in [2.24, 2.45) is 5.92 Å². The van der Waals surface area contributed by atoms with Crippen molar-refractivity contribution in [2.75, 3.05) is 44.3 Å². The SMILES string of the molecule is O=C(CCC1CCCCC1)N1CCN(C(=O)COc2ccc(C3SCCCS3)cc2)CC1. The summed E-state index contributed by atoms with van der Waals surface area (Å²) in [6, 6.07) is 8.18. The maximum absolute atomic E-state index is 12.6. The molecule has 2 aliphatic heterocycles. The molecule has 32 heavy (non-hydrogen) atoms. The van der Waals surface area contributed by atoms with Gasteiger partial charge in [0.1, 0.15) is 5.75 Å². The Hall–Kier alpha value is -1.34. The number of hydrogen-bond acceptors (Lipinski definition) is 5. The van der Waals surface area contributed by atoms with E-state index in [4.69, 9.17) is 4.74 Å². The number of rotatable bonds is 7. The van der Waals surface area contributed by atoms with Gasteiger partial charge >= 0.3 is 0 Å². The number of piperazine rings is 1. The molecule has 1 aliphatic carbocycles. The lowest BCUT2D eigenvalue weighted by molar-refractivity contribution is -0.140. The fourth-order valence-electron chi connectivity index (χ4n) is 4.80. The van der Waals surface area contributed by atoms with E-state index in [1.54, 1.807) is 0 Å². The number of carbonyl (C=O) groups excluding carboxylic acids is 2. The van der Waals surface area contributed by atoms with Crippen molar-refractivity contribution in [3.8, 4) is 5.75 Å². The van der Waals surface area contributed by atoms with Crippen molar-refractivity contribution in [1.82, 2.24) is 9.80 Å². The molecule has 3 aliphatic rings. The average molecular weight is 477 g/mol. The molecular formula is C25H36N2O3S2. The zero-order valence-corrected chi connectivity index (χ0v) is 20.6. The van der Waals surface area contributed by atoms with Gasteiger partial charge in [-0.15, -0.1) is 23.5 Å². The van der Waals surface area contributed by atoms with Crippen molar-refractivity contribution in [1.29, 1.82) is 0 Å². The molecule has 2 saturated heterocycles. The zero-order chi connectivity index (χ0) is 22.2. The summed E-state index contributed by atoms with van der Waals surface area (Å²) in [7, 11) is 0. The summed E-state index contributed by atoms with van der Waals surface area (Å²) in [5.41, 5.74) is 1.32. The molecular weight excluding hydrogens is 440 g/mol. The Morgan fingerprint density at radius 1 is 0.844 bits per heavy atom. The van der Waals surface area contributed by atoms with Crippen molar-refractivity contribution in [3.05, 3.63) is 29.8 Å². The fraction of sp³-hybridized carbons (Fsp3) is 0.680. The van der Waals surface area contributed by atoms with Crippen LogP contribution in [0.25, 0.3) is 0 Å². The van der Waals surface area contributed by atoms with Crippen LogP contribution in [0, 0.1) is 5.92 Å². The summed E-state index contributed by atoms with van der Waals surface area (Å²) in [6.07, 6.45) is 9.56. The molecule has 1 aromatic carbocycles. The van der Waals surface area contributed by atoms with E-state index in [2.05, 4.69) is 12.1 Å². The smallest absolute Gasteiger partial charge is 0.260 e. The minimum atomic E-state index is 0.00164. The van der Waals surface area contributed by atoms with Gasteiger partial charge in [-0.05, 0) is 48.0 Å². The quantitative estimate of drug-likeness (QED) is 0.556. The molecule has 0 unspecified atom stereocenters. The van der Waals surface area contributed by atoms with E-state index in [1.165, 1.54) is 55.6 Å². The molecule has 1 saturated carbocycles. The fourth-order valence-corrected chi connectivity index (χ4v) is 7.70. The Morgan fingerprint density at radius 3 is 2.12 bits per heavy atom. The predicted octanol–water partition coefficient (Wildman–Crippen LogP) is 4.97. The third kappa shape index (κ3) is 6.83. The van der Waals surface area contributed by atoms with Gasteiger partial charge in [0.25, 0.3) is 5.91 Å². The molecule has 3 fully saturated rings. The van der Waals surface area contributed by atoms with Crippen LogP contribution in [0.5, 0.6) is 5.75 Å². The molecule has 2 heterocycles. The second-order valence-corrected chi connectivity index (χ2v) is 11.8. The van der Waals surface area contributed by atoms with Gasteiger partial charge in [-0.2, -0.15) is 0 Å². The number of carbonyl (C=O) groups is 2. The molecule has 0 bridgehead atoms. The second kappa shape index (κ2) is 12.2. The van der Waals surface area contributed by atoms with E-state index in [-0.39, 0.29) is 18.4 Å². The lowest BCUT2D eigenvalue weighted by Crippen LogP contribution is -2.51. The van der Waals surface area contributed by atoms with Gasteiger partial charge in [0, 0.05) is 32.6 Å². The molecule has 4 rings (SSSR count). The van der Waals surface area contributed by atoms with Crippen molar-refractivity contribution in [2.45, 2.75) is 55.9 Å². The van der Waals surface area contributed by atoms with Crippen LogP contribution in [0.1, 0.15) is 61.5 Å². The number of nitrogens with zero attached hydrogens (tertiary/aromatic N) is 2. The number of thioether (sulfide) groups is 2. The minimum Gasteiger partial charge on any atom is -0.484 e. The van der Waals surface area contributed by atoms with Crippen molar-refractivity contribution >= 4 is 35.3 Å². The van der Waals surface area contributed by atoms with Crippen molar-refractivity contribution < 1.29 is 14.3 Å². The van der Waals surface area contributed by atoms with E-state index < -0.39 is 0 Å². The summed E-state index contributed by atoms with van der Waals surface area (Å²) in [4.78, 5) is 28.9. The summed E-state index contributed by atoms with van der Waals surface area (Å²) in [5.74, 6) is 4.19. The molecule has 0 aromatic heterocycles. The van der Waals surface area contributed by atoms with Crippen LogP contribution in [0.4, 0.5) is 0 Å². The van der Waals surface area contributed by atoms with E-state index in [9.17, 15) is 9.59 Å². The van der Waals surface area contributed by atoms with E-state index >= 15 is 0 Å². The van der Waals surface area contributed by atoms with Crippen LogP contribution in [-0.4, -0.2) is 65.9 Å². The Morgan fingerprint density at radius 2 is 1.47 bits per heavy atom. The molecule has 176 valence electrons. The lowest BCUT2D eigenvalue weighted by Gasteiger charge is -2.35. The maximum Gasteiger partial charge on any atom is 0.260 e. The van der Waals surface area contributed by atoms with E-state index in [0.717, 1.165) is 18.1 Å². The van der Waals surface area contributed by atoms with Crippen LogP contribution in [0.3, 0.4) is 0 Å². The minimum absolute atomic E-state index is 0.00164. The van der Waals surface area contributed by atoms with E-state index in [1.807, 2.05) is 45.5 Å². The largest absolute Gasteiger partial charge is 0.484 e. The first-order valence-electron chi connectivity index (χ1n) is 12.2. The zero-order valence-electron chi connectivity index (χ0n) is 19.0. The van der Waals surface area contributed by atoms with E-state index in [0.29, 0.717) is 37.2 Å². The molecule has 0 N–H and O–H groups in total. The van der Waals surface area contributed by atoms with Crippen LogP contribution in [0.2, 0.25) is 0 Å². The molecule has 1 aromatic rings. The number of ether oxygens (including phenoxy) is 1. The summed E-state index contributed by atoms with van der Waals surface area (Å²) < 4.78 is 6.27. The highest BCUT2D eigenvalue weighted by molar-refractivity contribution is 8.16. The first kappa shape index (κ1) is 23.8. The highest BCUT2D eigenvalue weighted by atomic mass is 32.2. The van der Waals surface area contributed by atoms with Gasteiger partial charge in [-0.1, -0.05) is 44.2 Å². The Balaban J connectivity index is 1.15. The van der Waals surface area contributed by atoms with Crippen LogP contribution >= 0.6 is 23.5 Å². The second-order valence-electron chi connectivity index (χ2n) is 9.09. The van der Waals surface area contributed by atoms with Crippen molar-refractivity contribution in [3.63, 3.8) is 0 Å². The number of amides is 2. The summed E-state index contributed by atoms with van der Waals surface area (Å²) in [6.45, 7) is 2.54. The predicted molar refractivity (Wildman–Crippen MR) is 133 cm³/mol. The Labute approximate surface area is 201 Å². The number of hydrogen-bond donors (Lipinski definition) is 0. The van der Waals surface area contributed by atoms with Gasteiger partial charge in [0.2, 0.25) is 5.91 Å². The first-order valence-corrected chi connectivity index (χ1v) is 14.3. The third-order valence-corrected chi connectivity index (χ3v) is 9.83. The Kier molecular flexibility index (Phi) is 9.09. The number of benzene rings is 1. The Bertz CT molecular complexity index is 738. The van der Waals surface area contributed by atoms with Gasteiger partial charge in [0.15, 0.2) is 6.61 Å². The summed E-state index contributed by atoms with van der Waals surface area (Å²) in [5, 5.41) is 0. The third-order valence-electron chi connectivity index (χ3n) is 6.82. The van der Waals surface area contributed by atoms with Gasteiger partial charge in [-0.3, -0.25) is 9.59 Å². The van der Waals surface area contributed by atoms with Gasteiger partial charge in [0.05, 0.1) is 4.58 Å². The topological polar surface area (TPSA) is 49.9 Å². The van der Waals surface area contributed by atoms with Gasteiger partial charge < -0.3 is 14.5 Å². The maximum atomic E-state index is 12.6. The normalized spacial score (nSPS) is 20.9. The van der Waals surface area contributed by atoms with Crippen LogP contribution in [-0.2, 0) is 9.59 Å². The monoisotopic (exact) mass is 476 g/mol. The summed E-state index contributed by atoms with van der Waals surface area (Å²) >= 11 is 4.01. The molecule has 2 amide bonds. The molecule has 7 heteroatoms. The lowest BCUT2D eigenvalue weighted by atomic mass is 9.86. The van der Waals surface area contributed by atoms with Crippen LogP contribution in [0.15, 0.2) is 24.3 Å². The highest BCUT2D eigenvalue weighted by Gasteiger charge is 2.25.